The van der Waals surface area contributed by atoms with E-state index in [1.165, 1.54) is 12.6 Å². The van der Waals surface area contributed by atoms with E-state index >= 15 is 0 Å². The highest BCUT2D eigenvalue weighted by Gasteiger charge is 2.07. The Labute approximate surface area is 75.3 Å². The Bertz CT molecular complexity index is 301. The van der Waals surface area contributed by atoms with Gasteiger partial charge < -0.3 is 4.74 Å². The third kappa shape index (κ3) is 2.41. The standard InChI is InChI=1S/C8H10N2O3/c1-13-7-3-2-4-9-6(7)5-8(11)10-12/h2-4,12H,5H2,1H3,(H,10,11). The lowest BCUT2D eigenvalue weighted by Gasteiger charge is -2.04. The van der Waals surface area contributed by atoms with Crippen LogP contribution in [-0.2, 0) is 11.2 Å². The van der Waals surface area contributed by atoms with Gasteiger partial charge in [0.05, 0.1) is 19.2 Å². The van der Waals surface area contributed by atoms with Crippen LogP contribution < -0.4 is 10.2 Å². The molecule has 5 nitrogen and oxygen atoms in total. The van der Waals surface area contributed by atoms with E-state index in [2.05, 4.69) is 4.98 Å². The lowest BCUT2D eigenvalue weighted by atomic mass is 10.2. The summed E-state index contributed by atoms with van der Waals surface area (Å²) in [6.07, 6.45) is 1.56. The molecule has 0 fully saturated rings. The number of pyridine rings is 1. The molecule has 1 heterocycles. The highest BCUT2D eigenvalue weighted by molar-refractivity contribution is 5.77. The Morgan fingerprint density at radius 3 is 3.15 bits per heavy atom. The average Bonchev–Trinajstić information content (AvgIpc) is 2.18. The molecule has 0 saturated heterocycles. The molecule has 2 N–H and O–H groups in total. The molecule has 70 valence electrons. The number of nitrogens with one attached hydrogen (secondary N) is 1. The van der Waals surface area contributed by atoms with Crippen molar-refractivity contribution < 1.29 is 14.7 Å². The number of carbonyl (C=O) groups excluding carboxylic acids is 1. The summed E-state index contributed by atoms with van der Waals surface area (Å²) in [7, 11) is 1.50. The molecule has 0 aliphatic carbocycles. The van der Waals surface area contributed by atoms with E-state index in [1.54, 1.807) is 18.3 Å². The molecule has 13 heavy (non-hydrogen) atoms. The van der Waals surface area contributed by atoms with Crippen LogP contribution in [0.5, 0.6) is 5.75 Å². The first-order valence-corrected chi connectivity index (χ1v) is 3.68. The van der Waals surface area contributed by atoms with E-state index in [-0.39, 0.29) is 6.42 Å². The van der Waals surface area contributed by atoms with Gasteiger partial charge >= 0.3 is 0 Å². The Hall–Kier alpha value is -1.62. The lowest BCUT2D eigenvalue weighted by Crippen LogP contribution is -2.21. The Morgan fingerprint density at radius 1 is 1.77 bits per heavy atom. The fourth-order valence-electron chi connectivity index (χ4n) is 0.933. The van der Waals surface area contributed by atoms with Gasteiger partial charge in [0.15, 0.2) is 0 Å². The lowest BCUT2D eigenvalue weighted by molar-refractivity contribution is -0.128. The number of hydrogen-bond acceptors (Lipinski definition) is 4. The molecule has 1 aromatic heterocycles. The number of nitrogens with zero attached hydrogens (tertiary/aromatic N) is 1. The predicted octanol–water partition coefficient (Wildman–Crippen LogP) is 0.138. The highest BCUT2D eigenvalue weighted by Crippen LogP contribution is 2.14. The number of aromatic nitrogens is 1. The smallest absolute Gasteiger partial charge is 0.249 e. The number of amides is 1. The maximum absolute atomic E-state index is 10.8. The fraction of sp³-hybridized carbons (Fsp3) is 0.250. The minimum Gasteiger partial charge on any atom is -0.495 e. The third-order valence-electron chi connectivity index (χ3n) is 1.52. The van der Waals surface area contributed by atoms with Gasteiger partial charge in [-0.25, -0.2) is 5.48 Å². The van der Waals surface area contributed by atoms with Crippen molar-refractivity contribution in [1.82, 2.24) is 10.5 Å². The van der Waals surface area contributed by atoms with E-state index in [0.29, 0.717) is 11.4 Å². The van der Waals surface area contributed by atoms with Gasteiger partial charge in [0.1, 0.15) is 5.75 Å². The van der Waals surface area contributed by atoms with Crippen LogP contribution in [0.1, 0.15) is 5.69 Å². The zero-order valence-electron chi connectivity index (χ0n) is 7.15. The van der Waals surface area contributed by atoms with Crippen molar-refractivity contribution in [3.63, 3.8) is 0 Å². The Balaban J connectivity index is 2.81. The number of hydroxylamine groups is 1. The van der Waals surface area contributed by atoms with Crippen LogP contribution in [0.2, 0.25) is 0 Å². The second kappa shape index (κ2) is 4.42. The number of carbonyl (C=O) groups is 1. The van der Waals surface area contributed by atoms with Gasteiger partial charge in [-0.15, -0.1) is 0 Å². The number of methoxy groups -OCH3 is 1. The van der Waals surface area contributed by atoms with E-state index in [4.69, 9.17) is 9.94 Å². The SMILES string of the molecule is COc1cccnc1CC(=O)NO. The van der Waals surface area contributed by atoms with Crippen LogP contribution in [0.4, 0.5) is 0 Å². The predicted molar refractivity (Wildman–Crippen MR) is 44.4 cm³/mol. The maximum Gasteiger partial charge on any atom is 0.249 e. The molecule has 0 spiro atoms. The molecule has 5 heteroatoms. The largest absolute Gasteiger partial charge is 0.495 e. The normalized spacial score (nSPS) is 9.38. The van der Waals surface area contributed by atoms with E-state index in [9.17, 15) is 4.79 Å². The summed E-state index contributed by atoms with van der Waals surface area (Å²) in [6.45, 7) is 0. The summed E-state index contributed by atoms with van der Waals surface area (Å²) < 4.78 is 4.97. The van der Waals surface area contributed by atoms with Crippen molar-refractivity contribution in [3.8, 4) is 5.75 Å². The molecule has 1 amide bonds. The van der Waals surface area contributed by atoms with Crippen LogP contribution >= 0.6 is 0 Å². The molecular formula is C8H10N2O3. The van der Waals surface area contributed by atoms with Crippen molar-refractivity contribution in [3.05, 3.63) is 24.0 Å². The molecule has 0 atom stereocenters. The zero-order valence-corrected chi connectivity index (χ0v) is 7.15. The molecular weight excluding hydrogens is 172 g/mol. The van der Waals surface area contributed by atoms with Crippen LogP contribution in [0.15, 0.2) is 18.3 Å². The number of ether oxygens (including phenoxy) is 1. The molecule has 0 saturated carbocycles. The van der Waals surface area contributed by atoms with E-state index < -0.39 is 5.91 Å². The summed E-state index contributed by atoms with van der Waals surface area (Å²) >= 11 is 0. The second-order valence-electron chi connectivity index (χ2n) is 2.36. The van der Waals surface area contributed by atoms with Gasteiger partial charge in [0.25, 0.3) is 0 Å². The zero-order chi connectivity index (χ0) is 9.68. The number of hydrogen-bond donors (Lipinski definition) is 2. The van der Waals surface area contributed by atoms with Crippen molar-refractivity contribution in [1.29, 1.82) is 0 Å². The molecule has 1 rings (SSSR count). The van der Waals surface area contributed by atoms with Crippen LogP contribution in [0.3, 0.4) is 0 Å². The molecule has 0 bridgehead atoms. The minimum absolute atomic E-state index is 0.000509. The summed E-state index contributed by atoms with van der Waals surface area (Å²) in [6, 6.07) is 3.41. The first-order chi connectivity index (χ1) is 6.27. The number of rotatable bonds is 3. The highest BCUT2D eigenvalue weighted by atomic mass is 16.5. The quantitative estimate of drug-likeness (QED) is 0.515. The molecule has 0 aliphatic heterocycles. The van der Waals surface area contributed by atoms with E-state index in [0.717, 1.165) is 0 Å². The second-order valence-corrected chi connectivity index (χ2v) is 2.36. The monoisotopic (exact) mass is 182 g/mol. The Kier molecular flexibility index (Phi) is 3.22. The average molecular weight is 182 g/mol. The van der Waals surface area contributed by atoms with Crippen LogP contribution in [-0.4, -0.2) is 23.2 Å². The van der Waals surface area contributed by atoms with Crippen molar-refractivity contribution in [2.24, 2.45) is 0 Å². The van der Waals surface area contributed by atoms with Gasteiger partial charge in [0, 0.05) is 6.20 Å². The summed E-state index contributed by atoms with van der Waals surface area (Å²) in [5.41, 5.74) is 2.03. The van der Waals surface area contributed by atoms with Crippen molar-refractivity contribution in [2.75, 3.05) is 7.11 Å². The molecule has 0 aromatic carbocycles. The topological polar surface area (TPSA) is 71.5 Å². The van der Waals surface area contributed by atoms with Gasteiger partial charge in [0.2, 0.25) is 5.91 Å². The fourth-order valence-corrected chi connectivity index (χ4v) is 0.933. The molecule has 0 radical (unpaired) electrons. The van der Waals surface area contributed by atoms with Gasteiger partial charge in [-0.05, 0) is 12.1 Å². The third-order valence-corrected chi connectivity index (χ3v) is 1.52. The van der Waals surface area contributed by atoms with Crippen LogP contribution in [0, 0.1) is 0 Å². The summed E-state index contributed by atoms with van der Waals surface area (Å²) in [5.74, 6) is 0.0168. The Morgan fingerprint density at radius 2 is 2.54 bits per heavy atom. The summed E-state index contributed by atoms with van der Waals surface area (Å²) in [5, 5.41) is 8.29. The van der Waals surface area contributed by atoms with Gasteiger partial charge in [-0.3, -0.25) is 15.0 Å². The van der Waals surface area contributed by atoms with Gasteiger partial charge in [-0.2, -0.15) is 0 Å². The van der Waals surface area contributed by atoms with Crippen molar-refractivity contribution in [2.45, 2.75) is 6.42 Å². The minimum atomic E-state index is -0.517. The first kappa shape index (κ1) is 9.47. The summed E-state index contributed by atoms with van der Waals surface area (Å²) in [4.78, 5) is 14.7. The van der Waals surface area contributed by atoms with Crippen molar-refractivity contribution >= 4 is 5.91 Å². The van der Waals surface area contributed by atoms with Gasteiger partial charge in [-0.1, -0.05) is 0 Å². The molecule has 0 aliphatic rings. The molecule has 0 unspecified atom stereocenters. The van der Waals surface area contributed by atoms with E-state index in [1.807, 2.05) is 0 Å². The first-order valence-electron chi connectivity index (χ1n) is 3.68. The maximum atomic E-state index is 10.8. The van der Waals surface area contributed by atoms with Crippen LogP contribution in [0.25, 0.3) is 0 Å². The molecule has 1 aromatic rings.